The Morgan fingerprint density at radius 2 is 1.96 bits per heavy atom. The van der Waals surface area contributed by atoms with Gasteiger partial charge in [0.2, 0.25) is 5.91 Å². The summed E-state index contributed by atoms with van der Waals surface area (Å²) in [6.07, 6.45) is 0.766. The van der Waals surface area contributed by atoms with Crippen molar-refractivity contribution in [1.82, 2.24) is 9.80 Å². The summed E-state index contributed by atoms with van der Waals surface area (Å²) in [6, 6.07) is -0.575. The van der Waals surface area contributed by atoms with Crippen LogP contribution >= 0.6 is 0 Å². The van der Waals surface area contributed by atoms with Crippen LogP contribution in [0.25, 0.3) is 0 Å². The highest BCUT2D eigenvalue weighted by molar-refractivity contribution is 5.86. The van der Waals surface area contributed by atoms with Gasteiger partial charge in [-0.1, -0.05) is 13.8 Å². The third-order valence-electron chi connectivity index (χ3n) is 4.08. The van der Waals surface area contributed by atoms with E-state index in [1.807, 2.05) is 34.6 Å². The highest BCUT2D eigenvalue weighted by atomic mass is 16.6. The van der Waals surface area contributed by atoms with Gasteiger partial charge in [-0.05, 0) is 39.7 Å². The summed E-state index contributed by atoms with van der Waals surface area (Å²) in [6.45, 7) is 11.5. The van der Waals surface area contributed by atoms with Gasteiger partial charge in [-0.3, -0.25) is 4.79 Å². The highest BCUT2D eigenvalue weighted by Gasteiger charge is 2.37. The van der Waals surface area contributed by atoms with Gasteiger partial charge in [0.1, 0.15) is 11.6 Å². The zero-order valence-corrected chi connectivity index (χ0v) is 15.3. The van der Waals surface area contributed by atoms with Crippen molar-refractivity contribution in [2.24, 2.45) is 11.8 Å². The molecule has 0 aromatic carbocycles. The molecule has 1 fully saturated rings. The predicted octanol–water partition coefficient (Wildman–Crippen LogP) is 1.13. The minimum atomic E-state index is -0.575. The van der Waals surface area contributed by atoms with Crippen LogP contribution in [0, 0.1) is 11.8 Å². The Labute approximate surface area is 139 Å². The molecule has 6 nitrogen and oxygen atoms in total. The Morgan fingerprint density at radius 3 is 2.43 bits per heavy atom. The van der Waals surface area contributed by atoms with Crippen LogP contribution in [-0.2, 0) is 14.3 Å². The second-order valence-corrected chi connectivity index (χ2v) is 7.68. The van der Waals surface area contributed by atoms with Crippen molar-refractivity contribution in [3.05, 3.63) is 0 Å². The van der Waals surface area contributed by atoms with Gasteiger partial charge in [0.05, 0.1) is 12.5 Å². The van der Waals surface area contributed by atoms with Crippen molar-refractivity contribution < 1.29 is 19.4 Å². The van der Waals surface area contributed by atoms with E-state index in [0.29, 0.717) is 13.1 Å². The molecule has 0 saturated carbocycles. The maximum atomic E-state index is 12.7. The van der Waals surface area contributed by atoms with E-state index in [4.69, 9.17) is 9.84 Å². The largest absolute Gasteiger partial charge is 0.458 e. The fourth-order valence-electron chi connectivity index (χ4n) is 3.04. The zero-order valence-electron chi connectivity index (χ0n) is 15.3. The number of likely N-dealkylation sites (tertiary alicyclic amines) is 1. The summed E-state index contributed by atoms with van der Waals surface area (Å²) in [7, 11) is 1.69. The Hall–Kier alpha value is -1.14. The number of hydrogen-bond donors (Lipinski definition) is 1. The number of hydrogen-bond acceptors (Lipinski definition) is 5. The second-order valence-electron chi connectivity index (χ2n) is 7.68. The Morgan fingerprint density at radius 1 is 1.35 bits per heavy atom. The van der Waals surface area contributed by atoms with E-state index in [9.17, 15) is 9.59 Å². The molecule has 0 aliphatic carbocycles. The number of carbonyl (C=O) groups is 2. The molecule has 1 amide bonds. The van der Waals surface area contributed by atoms with E-state index in [1.165, 1.54) is 0 Å². The molecular formula is C17H32N2O4. The van der Waals surface area contributed by atoms with Crippen molar-refractivity contribution in [2.45, 2.75) is 52.7 Å². The SMILES string of the molecule is CC(C)[C@@H](C(=O)OC(C)(C)C)N(C)C(=O)[C@H]1CCN(CCO)C1. The van der Waals surface area contributed by atoms with Gasteiger partial charge in [-0.15, -0.1) is 0 Å². The number of esters is 1. The maximum Gasteiger partial charge on any atom is 0.329 e. The number of aliphatic hydroxyl groups is 1. The van der Waals surface area contributed by atoms with Crippen LogP contribution in [0.15, 0.2) is 0 Å². The van der Waals surface area contributed by atoms with Gasteiger partial charge < -0.3 is 19.6 Å². The normalized spacial score (nSPS) is 20.6. The van der Waals surface area contributed by atoms with Crippen LogP contribution in [-0.4, -0.2) is 71.7 Å². The molecule has 1 aliphatic rings. The van der Waals surface area contributed by atoms with Gasteiger partial charge in [0.15, 0.2) is 0 Å². The predicted molar refractivity (Wildman–Crippen MR) is 88.9 cm³/mol. The number of rotatable bonds is 6. The topological polar surface area (TPSA) is 70.1 Å². The van der Waals surface area contributed by atoms with Crippen LogP contribution in [0.2, 0.25) is 0 Å². The first-order valence-corrected chi connectivity index (χ1v) is 8.39. The molecule has 1 aliphatic heterocycles. The van der Waals surface area contributed by atoms with E-state index in [2.05, 4.69) is 4.90 Å². The van der Waals surface area contributed by atoms with Crippen molar-refractivity contribution in [3.8, 4) is 0 Å². The molecule has 1 rings (SSSR count). The molecule has 134 valence electrons. The summed E-state index contributed by atoms with van der Waals surface area (Å²) < 4.78 is 5.48. The van der Waals surface area contributed by atoms with E-state index in [-0.39, 0.29) is 30.3 Å². The molecule has 0 aromatic heterocycles. The lowest BCUT2D eigenvalue weighted by Crippen LogP contribution is -2.50. The van der Waals surface area contributed by atoms with Crippen molar-refractivity contribution in [3.63, 3.8) is 0 Å². The first kappa shape index (κ1) is 19.9. The standard InChI is InChI=1S/C17H32N2O4/c1-12(2)14(16(22)23-17(3,4)5)18(6)15(21)13-7-8-19(11-13)9-10-20/h12-14,20H,7-11H2,1-6H3/t13-,14-/m0/s1. The molecule has 2 atom stereocenters. The van der Waals surface area contributed by atoms with Gasteiger partial charge >= 0.3 is 5.97 Å². The van der Waals surface area contributed by atoms with E-state index in [1.54, 1.807) is 11.9 Å². The van der Waals surface area contributed by atoms with Gasteiger partial charge in [-0.25, -0.2) is 4.79 Å². The van der Waals surface area contributed by atoms with E-state index in [0.717, 1.165) is 13.0 Å². The first-order valence-electron chi connectivity index (χ1n) is 8.39. The zero-order chi connectivity index (χ0) is 17.8. The summed E-state index contributed by atoms with van der Waals surface area (Å²) in [4.78, 5) is 28.8. The molecule has 0 aromatic rings. The molecule has 0 unspecified atom stereocenters. The molecule has 6 heteroatoms. The molecular weight excluding hydrogens is 296 g/mol. The molecule has 0 radical (unpaired) electrons. The van der Waals surface area contributed by atoms with Gasteiger partial charge in [0.25, 0.3) is 0 Å². The van der Waals surface area contributed by atoms with Crippen LogP contribution < -0.4 is 0 Å². The number of likely N-dealkylation sites (N-methyl/N-ethyl adjacent to an activating group) is 1. The summed E-state index contributed by atoms with van der Waals surface area (Å²) >= 11 is 0. The van der Waals surface area contributed by atoms with Gasteiger partial charge in [-0.2, -0.15) is 0 Å². The van der Waals surface area contributed by atoms with Crippen LogP contribution in [0.5, 0.6) is 0 Å². The lowest BCUT2D eigenvalue weighted by atomic mass is 9.99. The van der Waals surface area contributed by atoms with Crippen molar-refractivity contribution >= 4 is 11.9 Å². The van der Waals surface area contributed by atoms with E-state index >= 15 is 0 Å². The van der Waals surface area contributed by atoms with Crippen LogP contribution in [0.1, 0.15) is 41.0 Å². The molecule has 1 heterocycles. The Kier molecular flexibility index (Phi) is 7.02. The summed E-state index contributed by atoms with van der Waals surface area (Å²) in [5, 5.41) is 9.00. The molecule has 0 spiro atoms. The highest BCUT2D eigenvalue weighted by Crippen LogP contribution is 2.22. The average molecular weight is 328 g/mol. The fraction of sp³-hybridized carbons (Fsp3) is 0.882. The number of β-amino-alcohol motifs (C(OH)–C–C–N with tert-alkyl or cyclic N) is 1. The van der Waals surface area contributed by atoms with Crippen molar-refractivity contribution in [1.29, 1.82) is 0 Å². The molecule has 23 heavy (non-hydrogen) atoms. The number of amides is 1. The van der Waals surface area contributed by atoms with Gasteiger partial charge in [0, 0.05) is 20.1 Å². The van der Waals surface area contributed by atoms with Crippen molar-refractivity contribution in [2.75, 3.05) is 33.3 Å². The Balaban J connectivity index is 2.76. The Bertz CT molecular complexity index is 417. The lowest BCUT2D eigenvalue weighted by Gasteiger charge is -2.33. The quantitative estimate of drug-likeness (QED) is 0.740. The molecule has 1 saturated heterocycles. The number of ether oxygens (including phenoxy) is 1. The van der Waals surface area contributed by atoms with E-state index < -0.39 is 11.6 Å². The van der Waals surface area contributed by atoms with Crippen LogP contribution in [0.4, 0.5) is 0 Å². The third-order valence-corrected chi connectivity index (χ3v) is 4.08. The fourth-order valence-corrected chi connectivity index (χ4v) is 3.04. The molecule has 1 N–H and O–H groups in total. The number of aliphatic hydroxyl groups excluding tert-OH is 1. The average Bonchev–Trinajstić information content (AvgIpc) is 2.84. The molecule has 0 bridgehead atoms. The lowest BCUT2D eigenvalue weighted by molar-refractivity contribution is -0.166. The third kappa shape index (κ3) is 5.77. The van der Waals surface area contributed by atoms with Crippen LogP contribution in [0.3, 0.4) is 0 Å². The minimum Gasteiger partial charge on any atom is -0.458 e. The minimum absolute atomic E-state index is 0.0185. The first-order chi connectivity index (χ1) is 10.6. The smallest absolute Gasteiger partial charge is 0.329 e. The number of nitrogens with zero attached hydrogens (tertiary/aromatic N) is 2. The summed E-state index contributed by atoms with van der Waals surface area (Å²) in [5.74, 6) is -0.507. The number of carbonyl (C=O) groups excluding carboxylic acids is 2. The second kappa shape index (κ2) is 8.11. The summed E-state index contributed by atoms with van der Waals surface area (Å²) in [5.41, 5.74) is -0.570. The maximum absolute atomic E-state index is 12.7. The monoisotopic (exact) mass is 328 g/mol.